The molecule has 1 atom stereocenters. The van der Waals surface area contributed by atoms with Crippen molar-refractivity contribution in [1.29, 1.82) is 0 Å². The number of likely N-dealkylation sites (tertiary alicyclic amines) is 1. The highest BCUT2D eigenvalue weighted by Gasteiger charge is 2.50. The van der Waals surface area contributed by atoms with Gasteiger partial charge in [-0.05, 0) is 19.1 Å². The molecule has 4 rings (SSSR count). The number of furan rings is 1. The minimum absolute atomic E-state index is 0.0660. The average molecular weight is 328 g/mol. The highest BCUT2D eigenvalue weighted by Crippen LogP contribution is 2.36. The first-order valence-corrected chi connectivity index (χ1v) is 8.20. The van der Waals surface area contributed by atoms with Gasteiger partial charge >= 0.3 is 0 Å². The van der Waals surface area contributed by atoms with Crippen molar-refractivity contribution in [3.8, 4) is 5.88 Å². The molecule has 2 aromatic rings. The van der Waals surface area contributed by atoms with E-state index in [-0.39, 0.29) is 17.6 Å². The molecule has 2 aliphatic rings. The molecule has 1 amide bonds. The molecule has 2 fully saturated rings. The van der Waals surface area contributed by atoms with E-state index < -0.39 is 0 Å². The lowest BCUT2D eigenvalue weighted by molar-refractivity contribution is -0.174. The minimum atomic E-state index is -0.298. The highest BCUT2D eigenvalue weighted by molar-refractivity contribution is 5.93. The van der Waals surface area contributed by atoms with Crippen molar-refractivity contribution in [3.05, 3.63) is 48.0 Å². The Morgan fingerprint density at radius 2 is 2.25 bits per heavy atom. The Bertz CT molecular complexity index is 722. The normalized spacial score (nSPS) is 22.2. The van der Waals surface area contributed by atoms with Crippen molar-refractivity contribution in [2.24, 2.45) is 0 Å². The molecule has 4 heterocycles. The third-order valence-corrected chi connectivity index (χ3v) is 4.67. The van der Waals surface area contributed by atoms with Crippen LogP contribution in [-0.2, 0) is 4.74 Å². The number of hydrogen-bond donors (Lipinski definition) is 0. The van der Waals surface area contributed by atoms with Crippen LogP contribution in [0.25, 0.3) is 0 Å². The Labute approximate surface area is 140 Å². The average Bonchev–Trinajstić information content (AvgIpc) is 2.99. The zero-order valence-corrected chi connectivity index (χ0v) is 13.6. The second-order valence-electron chi connectivity index (χ2n) is 6.53. The Hall–Kier alpha value is -2.34. The standard InChI is InChI=1S/C18H20N2O4/c1-13-5-8-22-16(13)17(21)20-11-18(12-20)10-14(6-9-23-18)24-15-4-2-3-7-19-15/h2-5,7-8,14H,6,9-12H2,1H3/t14-/m0/s1. The molecule has 1 spiro atoms. The lowest BCUT2D eigenvalue weighted by Gasteiger charge is -2.52. The Balaban J connectivity index is 1.37. The van der Waals surface area contributed by atoms with Crippen LogP contribution < -0.4 is 4.74 Å². The lowest BCUT2D eigenvalue weighted by atomic mass is 9.84. The summed E-state index contributed by atoms with van der Waals surface area (Å²) in [7, 11) is 0. The summed E-state index contributed by atoms with van der Waals surface area (Å²) in [5.74, 6) is 0.986. The fraction of sp³-hybridized carbons (Fsp3) is 0.444. The number of aromatic nitrogens is 1. The second kappa shape index (κ2) is 5.94. The smallest absolute Gasteiger partial charge is 0.290 e. The molecule has 0 saturated carbocycles. The summed E-state index contributed by atoms with van der Waals surface area (Å²) in [6, 6.07) is 7.44. The number of carbonyl (C=O) groups is 1. The van der Waals surface area contributed by atoms with E-state index in [9.17, 15) is 4.79 Å². The van der Waals surface area contributed by atoms with Gasteiger partial charge in [0.25, 0.3) is 5.91 Å². The van der Waals surface area contributed by atoms with Crippen LogP contribution in [0, 0.1) is 6.92 Å². The molecule has 0 N–H and O–H groups in total. The van der Waals surface area contributed by atoms with E-state index >= 15 is 0 Å². The van der Waals surface area contributed by atoms with E-state index in [1.54, 1.807) is 23.4 Å². The molecule has 0 bridgehead atoms. The minimum Gasteiger partial charge on any atom is -0.474 e. The van der Waals surface area contributed by atoms with Crippen molar-refractivity contribution in [1.82, 2.24) is 9.88 Å². The lowest BCUT2D eigenvalue weighted by Crippen LogP contribution is -2.67. The van der Waals surface area contributed by atoms with E-state index in [4.69, 9.17) is 13.9 Å². The molecule has 2 saturated heterocycles. The van der Waals surface area contributed by atoms with Crippen LogP contribution in [0.4, 0.5) is 0 Å². The third-order valence-electron chi connectivity index (χ3n) is 4.67. The predicted molar refractivity (Wildman–Crippen MR) is 85.9 cm³/mol. The van der Waals surface area contributed by atoms with Crippen LogP contribution in [-0.4, -0.2) is 47.2 Å². The van der Waals surface area contributed by atoms with Crippen molar-refractivity contribution in [2.75, 3.05) is 19.7 Å². The third kappa shape index (κ3) is 2.78. The highest BCUT2D eigenvalue weighted by atomic mass is 16.5. The molecule has 24 heavy (non-hydrogen) atoms. The molecule has 2 aliphatic heterocycles. The van der Waals surface area contributed by atoms with Crippen LogP contribution in [0.1, 0.15) is 29.0 Å². The van der Waals surface area contributed by atoms with Crippen LogP contribution in [0.2, 0.25) is 0 Å². The zero-order chi connectivity index (χ0) is 16.6. The first-order chi connectivity index (χ1) is 11.7. The molecule has 0 aromatic carbocycles. The van der Waals surface area contributed by atoms with Gasteiger partial charge in [-0.25, -0.2) is 4.98 Å². The maximum absolute atomic E-state index is 12.4. The zero-order valence-electron chi connectivity index (χ0n) is 13.6. The molecule has 0 aliphatic carbocycles. The monoisotopic (exact) mass is 328 g/mol. The topological polar surface area (TPSA) is 64.8 Å². The SMILES string of the molecule is Cc1ccoc1C(=O)N1CC2(C[C@@H](Oc3ccccn3)CCO2)C1. The summed E-state index contributed by atoms with van der Waals surface area (Å²) in [6.07, 6.45) is 4.94. The molecule has 6 nitrogen and oxygen atoms in total. The number of amides is 1. The second-order valence-corrected chi connectivity index (χ2v) is 6.53. The molecule has 0 unspecified atom stereocenters. The quantitative estimate of drug-likeness (QED) is 0.866. The predicted octanol–water partition coefficient (Wildman–Crippen LogP) is 2.44. The van der Waals surface area contributed by atoms with Gasteiger partial charge in [-0.2, -0.15) is 0 Å². The van der Waals surface area contributed by atoms with Crippen molar-refractivity contribution < 1.29 is 18.7 Å². The molecule has 126 valence electrons. The van der Waals surface area contributed by atoms with Crippen LogP contribution in [0.15, 0.2) is 41.1 Å². The number of nitrogens with zero attached hydrogens (tertiary/aromatic N) is 2. The summed E-state index contributed by atoms with van der Waals surface area (Å²) in [5.41, 5.74) is 0.565. The van der Waals surface area contributed by atoms with Gasteiger partial charge in [0, 0.05) is 30.7 Å². The Kier molecular flexibility index (Phi) is 3.76. The summed E-state index contributed by atoms with van der Waals surface area (Å²) < 4.78 is 17.2. The summed E-state index contributed by atoms with van der Waals surface area (Å²) in [4.78, 5) is 18.4. The van der Waals surface area contributed by atoms with E-state index in [1.165, 1.54) is 0 Å². The van der Waals surface area contributed by atoms with Crippen LogP contribution >= 0.6 is 0 Å². The van der Waals surface area contributed by atoms with Crippen molar-refractivity contribution in [2.45, 2.75) is 31.5 Å². The van der Waals surface area contributed by atoms with Crippen molar-refractivity contribution >= 4 is 5.91 Å². The Morgan fingerprint density at radius 3 is 2.96 bits per heavy atom. The molecular formula is C18H20N2O4. The van der Waals surface area contributed by atoms with E-state index in [1.807, 2.05) is 25.1 Å². The van der Waals surface area contributed by atoms with E-state index in [2.05, 4.69) is 4.98 Å². The van der Waals surface area contributed by atoms with Gasteiger partial charge in [-0.15, -0.1) is 0 Å². The molecule has 0 radical (unpaired) electrons. The summed E-state index contributed by atoms with van der Waals surface area (Å²) in [6.45, 7) is 3.67. The maximum Gasteiger partial charge on any atom is 0.290 e. The number of ether oxygens (including phenoxy) is 2. The first kappa shape index (κ1) is 15.2. The van der Waals surface area contributed by atoms with Gasteiger partial charge < -0.3 is 18.8 Å². The van der Waals surface area contributed by atoms with Gasteiger partial charge in [0.2, 0.25) is 5.88 Å². The van der Waals surface area contributed by atoms with E-state index in [0.29, 0.717) is 31.3 Å². The van der Waals surface area contributed by atoms with Gasteiger partial charge in [0.1, 0.15) is 11.7 Å². The molecular weight excluding hydrogens is 308 g/mol. The van der Waals surface area contributed by atoms with Crippen molar-refractivity contribution in [3.63, 3.8) is 0 Å². The Morgan fingerprint density at radius 1 is 1.38 bits per heavy atom. The number of aryl methyl sites for hydroxylation is 1. The van der Waals surface area contributed by atoms with Crippen LogP contribution in [0.5, 0.6) is 5.88 Å². The summed E-state index contributed by atoms with van der Waals surface area (Å²) >= 11 is 0. The maximum atomic E-state index is 12.4. The fourth-order valence-corrected chi connectivity index (χ4v) is 3.42. The first-order valence-electron chi connectivity index (χ1n) is 8.20. The van der Waals surface area contributed by atoms with Crippen LogP contribution in [0.3, 0.4) is 0 Å². The molecule has 6 heteroatoms. The van der Waals surface area contributed by atoms with E-state index in [0.717, 1.165) is 18.4 Å². The summed E-state index contributed by atoms with van der Waals surface area (Å²) in [5, 5.41) is 0. The largest absolute Gasteiger partial charge is 0.474 e. The fourth-order valence-electron chi connectivity index (χ4n) is 3.42. The number of carbonyl (C=O) groups excluding carboxylic acids is 1. The van der Waals surface area contributed by atoms with Gasteiger partial charge in [0.15, 0.2) is 5.76 Å². The van der Waals surface area contributed by atoms with Gasteiger partial charge in [0.05, 0.1) is 26.0 Å². The number of pyridine rings is 1. The van der Waals surface area contributed by atoms with Gasteiger partial charge in [-0.3, -0.25) is 4.79 Å². The number of hydrogen-bond acceptors (Lipinski definition) is 5. The number of rotatable bonds is 3. The molecule has 2 aromatic heterocycles. The van der Waals surface area contributed by atoms with Gasteiger partial charge in [-0.1, -0.05) is 6.07 Å².